The molecule has 0 spiro atoms. The Kier molecular flexibility index (Phi) is 6.19. The van der Waals surface area contributed by atoms with Crippen molar-refractivity contribution in [2.75, 3.05) is 13.1 Å². The number of carbonyl (C=O) groups is 2. The lowest BCUT2D eigenvalue weighted by molar-refractivity contribution is -0.151. The Labute approximate surface area is 179 Å². The van der Waals surface area contributed by atoms with Gasteiger partial charge in [0.2, 0.25) is 0 Å². The number of hydrogen-bond donors (Lipinski definition) is 0. The van der Waals surface area contributed by atoms with E-state index in [1.807, 2.05) is 22.9 Å². The first-order chi connectivity index (χ1) is 14.5. The van der Waals surface area contributed by atoms with E-state index in [9.17, 15) is 18.4 Å². The van der Waals surface area contributed by atoms with E-state index in [1.165, 1.54) is 16.2 Å². The van der Waals surface area contributed by atoms with Crippen molar-refractivity contribution in [1.29, 1.82) is 0 Å². The predicted molar refractivity (Wildman–Crippen MR) is 110 cm³/mol. The van der Waals surface area contributed by atoms with E-state index >= 15 is 0 Å². The number of nitrogens with zero attached hydrogens (tertiary/aromatic N) is 2. The van der Waals surface area contributed by atoms with Gasteiger partial charge < -0.3 is 9.64 Å². The summed E-state index contributed by atoms with van der Waals surface area (Å²) in [4.78, 5) is 31.9. The summed E-state index contributed by atoms with van der Waals surface area (Å²) in [5.41, 5.74) is 0.540. The van der Waals surface area contributed by atoms with E-state index in [-0.39, 0.29) is 24.1 Å². The molecule has 0 N–H and O–H groups in total. The molecule has 2 aromatic heterocycles. The molecule has 0 radical (unpaired) electrons. The highest BCUT2D eigenvalue weighted by Gasteiger charge is 2.30. The van der Waals surface area contributed by atoms with Crippen LogP contribution in [0.25, 0.3) is 9.88 Å². The van der Waals surface area contributed by atoms with Gasteiger partial charge in [-0.3, -0.25) is 9.59 Å². The molecule has 1 saturated heterocycles. The molecular weight excluding hydrogens is 430 g/mol. The minimum Gasteiger partial charge on any atom is -0.459 e. The largest absolute Gasteiger partial charge is 0.459 e. The first-order valence-corrected chi connectivity index (χ1v) is 11.2. The molecular formula is C21H18F2N2O3S2. The molecule has 3 heterocycles. The molecule has 1 aliphatic rings. The van der Waals surface area contributed by atoms with Crippen LogP contribution in [0.1, 0.15) is 28.9 Å². The summed E-state index contributed by atoms with van der Waals surface area (Å²) in [6.45, 7) is 0.740. The molecule has 9 heteroatoms. The number of likely N-dealkylation sites (tertiary alicyclic amines) is 1. The summed E-state index contributed by atoms with van der Waals surface area (Å²) in [7, 11) is 0. The van der Waals surface area contributed by atoms with Gasteiger partial charge in [-0.1, -0.05) is 6.07 Å². The van der Waals surface area contributed by atoms with Gasteiger partial charge in [-0.2, -0.15) is 0 Å². The highest BCUT2D eigenvalue weighted by Crippen LogP contribution is 2.28. The zero-order valence-corrected chi connectivity index (χ0v) is 17.5. The molecule has 156 valence electrons. The number of amides is 1. The third-order valence-corrected chi connectivity index (χ3v) is 6.85. The smallest absolute Gasteiger partial charge is 0.309 e. The second-order valence-corrected chi connectivity index (χ2v) is 8.73. The van der Waals surface area contributed by atoms with Crippen molar-refractivity contribution in [3.63, 3.8) is 0 Å². The number of thiophene rings is 1. The van der Waals surface area contributed by atoms with Crippen LogP contribution in [0.4, 0.5) is 8.78 Å². The monoisotopic (exact) mass is 448 g/mol. The van der Waals surface area contributed by atoms with Crippen LogP contribution in [0.2, 0.25) is 0 Å². The second-order valence-electron chi connectivity index (χ2n) is 6.92. The van der Waals surface area contributed by atoms with Crippen LogP contribution >= 0.6 is 22.7 Å². The number of aromatic nitrogens is 1. The van der Waals surface area contributed by atoms with Crippen molar-refractivity contribution in [3.8, 4) is 9.88 Å². The molecule has 0 saturated carbocycles. The average Bonchev–Trinajstić information content (AvgIpc) is 3.43. The maximum atomic E-state index is 13.8. The van der Waals surface area contributed by atoms with E-state index in [1.54, 1.807) is 11.3 Å². The van der Waals surface area contributed by atoms with Crippen molar-refractivity contribution >= 4 is 34.6 Å². The highest BCUT2D eigenvalue weighted by atomic mass is 32.1. The van der Waals surface area contributed by atoms with Crippen LogP contribution in [0, 0.1) is 17.6 Å². The normalized spacial score (nSPS) is 14.7. The summed E-state index contributed by atoms with van der Waals surface area (Å²) in [5.74, 6) is -2.74. The molecule has 0 bridgehead atoms. The fraction of sp³-hybridized carbons (Fsp3) is 0.286. The van der Waals surface area contributed by atoms with Crippen molar-refractivity contribution in [3.05, 3.63) is 64.0 Å². The van der Waals surface area contributed by atoms with Gasteiger partial charge in [0.15, 0.2) is 0 Å². The van der Waals surface area contributed by atoms with Gasteiger partial charge in [-0.25, -0.2) is 13.8 Å². The number of thiazole rings is 1. The lowest BCUT2D eigenvalue weighted by Crippen LogP contribution is -2.41. The van der Waals surface area contributed by atoms with Gasteiger partial charge in [0, 0.05) is 24.5 Å². The number of carbonyl (C=O) groups excluding carboxylic acids is 2. The Morgan fingerprint density at radius 2 is 1.97 bits per heavy atom. The summed E-state index contributed by atoms with van der Waals surface area (Å²) in [5, 5.41) is 4.76. The first kappa shape index (κ1) is 20.6. The van der Waals surface area contributed by atoms with Gasteiger partial charge in [-0.15, -0.1) is 22.7 Å². The van der Waals surface area contributed by atoms with Crippen molar-refractivity contribution < 1.29 is 23.1 Å². The second kappa shape index (κ2) is 9.01. The van der Waals surface area contributed by atoms with Crippen LogP contribution in [0.3, 0.4) is 0 Å². The van der Waals surface area contributed by atoms with E-state index in [4.69, 9.17) is 4.74 Å². The van der Waals surface area contributed by atoms with E-state index < -0.39 is 17.5 Å². The minimum absolute atomic E-state index is 0.112. The molecule has 4 rings (SSSR count). The highest BCUT2D eigenvalue weighted by molar-refractivity contribution is 7.20. The van der Waals surface area contributed by atoms with Crippen molar-refractivity contribution in [1.82, 2.24) is 9.88 Å². The Bertz CT molecular complexity index is 1040. The molecule has 3 aromatic rings. The van der Waals surface area contributed by atoms with Gasteiger partial charge in [0.05, 0.1) is 22.1 Å². The number of ether oxygens (including phenoxy) is 1. The van der Waals surface area contributed by atoms with E-state index in [0.717, 1.165) is 22.0 Å². The molecule has 0 aliphatic carbocycles. The Hall–Kier alpha value is -2.65. The molecule has 30 heavy (non-hydrogen) atoms. The number of rotatable bonds is 5. The first-order valence-electron chi connectivity index (χ1n) is 9.40. The lowest BCUT2D eigenvalue weighted by Gasteiger charge is -2.31. The maximum absolute atomic E-state index is 13.8. The van der Waals surface area contributed by atoms with Crippen molar-refractivity contribution in [2.24, 2.45) is 5.92 Å². The third-order valence-electron chi connectivity index (χ3n) is 4.92. The number of benzene rings is 1. The van der Waals surface area contributed by atoms with Crippen LogP contribution in [0.15, 0.2) is 41.1 Å². The van der Waals surface area contributed by atoms with E-state index in [2.05, 4.69) is 4.98 Å². The summed E-state index contributed by atoms with van der Waals surface area (Å²) >= 11 is 3.11. The van der Waals surface area contributed by atoms with Crippen LogP contribution < -0.4 is 0 Å². The number of hydrogen-bond acceptors (Lipinski definition) is 6. The quantitative estimate of drug-likeness (QED) is 0.529. The predicted octanol–water partition coefficient (Wildman–Crippen LogP) is 4.75. The number of halogens is 2. The molecule has 5 nitrogen and oxygen atoms in total. The maximum Gasteiger partial charge on any atom is 0.309 e. The fourth-order valence-electron chi connectivity index (χ4n) is 3.30. The van der Waals surface area contributed by atoms with Gasteiger partial charge in [-0.05, 0) is 36.4 Å². The third kappa shape index (κ3) is 4.57. The van der Waals surface area contributed by atoms with Gasteiger partial charge >= 0.3 is 5.97 Å². The number of piperidine rings is 1. The van der Waals surface area contributed by atoms with Crippen LogP contribution in [-0.2, 0) is 16.1 Å². The fourth-order valence-corrected chi connectivity index (χ4v) is 4.92. The molecule has 1 aliphatic heterocycles. The molecule has 0 unspecified atom stereocenters. The van der Waals surface area contributed by atoms with Gasteiger partial charge in [0.25, 0.3) is 5.91 Å². The summed E-state index contributed by atoms with van der Waals surface area (Å²) in [6.07, 6.45) is 0.871. The van der Waals surface area contributed by atoms with Crippen LogP contribution in [0.5, 0.6) is 0 Å². The average molecular weight is 449 g/mol. The standard InChI is InChI=1S/C21H18F2N2O3S2/c22-14-3-4-16(17(23)10-14)20(26)25-7-5-13(6-8-25)21(27)28-11-15-12-30-19(24-15)18-2-1-9-29-18/h1-4,9-10,12-13H,5-8,11H2. The lowest BCUT2D eigenvalue weighted by atomic mass is 9.96. The number of esters is 1. The minimum atomic E-state index is -0.883. The van der Waals surface area contributed by atoms with Gasteiger partial charge in [0.1, 0.15) is 23.2 Å². The zero-order chi connectivity index (χ0) is 21.1. The zero-order valence-electron chi connectivity index (χ0n) is 15.8. The SMILES string of the molecule is O=C(OCc1csc(-c2cccs2)n1)C1CCN(C(=O)c2ccc(F)cc2F)CC1. The Balaban J connectivity index is 1.27. The summed E-state index contributed by atoms with van der Waals surface area (Å²) in [6, 6.07) is 6.85. The van der Waals surface area contributed by atoms with E-state index in [0.29, 0.717) is 37.7 Å². The Morgan fingerprint density at radius 1 is 1.17 bits per heavy atom. The molecule has 1 fully saturated rings. The molecule has 1 aromatic carbocycles. The van der Waals surface area contributed by atoms with Crippen LogP contribution in [-0.4, -0.2) is 34.8 Å². The topological polar surface area (TPSA) is 59.5 Å². The molecule has 0 atom stereocenters. The molecule has 1 amide bonds. The summed E-state index contributed by atoms with van der Waals surface area (Å²) < 4.78 is 32.3. The Morgan fingerprint density at radius 3 is 2.67 bits per heavy atom. The van der Waals surface area contributed by atoms with Crippen molar-refractivity contribution in [2.45, 2.75) is 19.4 Å².